The molecule has 0 N–H and O–H groups in total. The molecule has 0 saturated heterocycles. The molecular weight excluding hydrogens is 467 g/mol. The first-order valence-electron chi connectivity index (χ1n) is 10.4. The summed E-state index contributed by atoms with van der Waals surface area (Å²) in [5, 5.41) is -0.197. The predicted molar refractivity (Wildman–Crippen MR) is 120 cm³/mol. The molecule has 5 nitrogen and oxygen atoms in total. The fourth-order valence-corrected chi connectivity index (χ4v) is 5.59. The largest absolute Gasteiger partial charge is 0.423 e. The van der Waals surface area contributed by atoms with E-state index in [-0.39, 0.29) is 22.3 Å². The number of sulfonamides is 1. The molecule has 0 radical (unpaired) electrons. The zero-order valence-corrected chi connectivity index (χ0v) is 18.5. The Morgan fingerprint density at radius 1 is 0.853 bits per heavy atom. The quantitative estimate of drug-likeness (QED) is 0.377. The number of rotatable bonds is 4. The van der Waals surface area contributed by atoms with E-state index in [2.05, 4.69) is 0 Å². The van der Waals surface area contributed by atoms with Crippen LogP contribution in [0, 0.1) is 0 Å². The van der Waals surface area contributed by atoms with Crippen molar-refractivity contribution in [3.8, 4) is 0 Å². The van der Waals surface area contributed by atoms with Crippen molar-refractivity contribution < 1.29 is 26.0 Å². The second-order valence-electron chi connectivity index (χ2n) is 8.17. The third-order valence-corrected chi connectivity index (χ3v) is 7.70. The van der Waals surface area contributed by atoms with Gasteiger partial charge in [0.05, 0.1) is 10.5 Å². The van der Waals surface area contributed by atoms with Crippen LogP contribution in [0.5, 0.6) is 0 Å². The summed E-state index contributed by atoms with van der Waals surface area (Å²) in [4.78, 5) is 11.6. The van der Waals surface area contributed by atoms with Gasteiger partial charge in [-0.05, 0) is 52.9 Å². The number of fused-ring (bicyclic) bond motifs is 2. The van der Waals surface area contributed by atoms with Gasteiger partial charge in [0.25, 0.3) is 0 Å². The van der Waals surface area contributed by atoms with Crippen LogP contribution in [0.15, 0.2) is 86.9 Å². The molecular formula is C25H18F3NO4S. The molecule has 0 saturated carbocycles. The molecule has 0 bridgehead atoms. The molecule has 0 spiro atoms. The summed E-state index contributed by atoms with van der Waals surface area (Å²) in [6.45, 7) is 0.629. The Kier molecular flexibility index (Phi) is 5.33. The van der Waals surface area contributed by atoms with Crippen molar-refractivity contribution in [3.05, 3.63) is 111 Å². The van der Waals surface area contributed by atoms with Gasteiger partial charge in [0, 0.05) is 24.5 Å². The number of hydrogen-bond acceptors (Lipinski definition) is 4. The van der Waals surface area contributed by atoms with E-state index in [9.17, 15) is 26.4 Å². The van der Waals surface area contributed by atoms with Crippen LogP contribution in [0.3, 0.4) is 0 Å². The first kappa shape index (κ1) is 22.4. The molecule has 0 atom stereocenters. The maximum atomic E-state index is 13.4. The average Bonchev–Trinajstić information content (AvgIpc) is 3.24. The van der Waals surface area contributed by atoms with Gasteiger partial charge in [-0.25, -0.2) is 13.2 Å². The van der Waals surface area contributed by atoms with E-state index in [1.807, 2.05) is 24.3 Å². The van der Waals surface area contributed by atoms with Gasteiger partial charge in [0.15, 0.2) is 0 Å². The first-order valence-corrected chi connectivity index (χ1v) is 11.9. The molecule has 34 heavy (non-hydrogen) atoms. The molecule has 4 aromatic rings. The molecule has 1 aromatic heterocycles. The highest BCUT2D eigenvalue weighted by Gasteiger charge is 2.34. The minimum Gasteiger partial charge on any atom is -0.423 e. The molecule has 1 aliphatic rings. The highest BCUT2D eigenvalue weighted by Crippen LogP contribution is 2.34. The normalized spacial score (nSPS) is 14.4. The maximum absolute atomic E-state index is 13.4. The summed E-state index contributed by atoms with van der Waals surface area (Å²) < 4.78 is 72.6. The van der Waals surface area contributed by atoms with Gasteiger partial charge in [-0.2, -0.15) is 17.5 Å². The molecule has 174 valence electrons. The minimum absolute atomic E-state index is 0.142. The van der Waals surface area contributed by atoms with Crippen LogP contribution >= 0.6 is 0 Å². The van der Waals surface area contributed by atoms with Crippen LogP contribution in [-0.2, 0) is 35.7 Å². The van der Waals surface area contributed by atoms with Gasteiger partial charge in [0.1, 0.15) is 5.58 Å². The van der Waals surface area contributed by atoms with Crippen LogP contribution in [0.25, 0.3) is 11.0 Å². The highest BCUT2D eigenvalue weighted by molar-refractivity contribution is 7.89. The molecule has 0 aliphatic carbocycles. The van der Waals surface area contributed by atoms with E-state index < -0.39 is 27.4 Å². The van der Waals surface area contributed by atoms with Crippen molar-refractivity contribution in [1.29, 1.82) is 0 Å². The second-order valence-corrected chi connectivity index (χ2v) is 10.1. The molecule has 1 aliphatic heterocycles. The third-order valence-electron chi connectivity index (χ3n) is 5.89. The summed E-state index contributed by atoms with van der Waals surface area (Å²) >= 11 is 0. The van der Waals surface area contributed by atoms with Crippen LogP contribution in [0.4, 0.5) is 13.2 Å². The Hall–Kier alpha value is -3.43. The number of benzene rings is 3. The summed E-state index contributed by atoms with van der Waals surface area (Å²) in [6, 6.07) is 18.6. The van der Waals surface area contributed by atoms with Crippen LogP contribution in [0.2, 0.25) is 0 Å². The SMILES string of the molecule is O=c1cc(C(F)(F)F)c2cc(Cc3ccc(S(=O)(=O)N4Cc5ccccc5C4)cc3)ccc2o1. The lowest BCUT2D eigenvalue weighted by molar-refractivity contribution is -0.136. The topological polar surface area (TPSA) is 67.6 Å². The van der Waals surface area contributed by atoms with Crippen molar-refractivity contribution in [3.63, 3.8) is 0 Å². The number of halogens is 3. The summed E-state index contributed by atoms with van der Waals surface area (Å²) in [5.41, 5.74) is 1.00. The zero-order chi connectivity index (χ0) is 24.1. The Morgan fingerprint density at radius 2 is 1.47 bits per heavy atom. The third kappa shape index (κ3) is 4.12. The van der Waals surface area contributed by atoms with Gasteiger partial charge in [-0.15, -0.1) is 0 Å². The lowest BCUT2D eigenvalue weighted by Gasteiger charge is -2.16. The van der Waals surface area contributed by atoms with Crippen LogP contribution in [-0.4, -0.2) is 12.7 Å². The summed E-state index contributed by atoms with van der Waals surface area (Å²) in [5.74, 6) is 0. The van der Waals surface area contributed by atoms with Gasteiger partial charge >= 0.3 is 11.8 Å². The van der Waals surface area contributed by atoms with E-state index in [0.29, 0.717) is 24.7 Å². The highest BCUT2D eigenvalue weighted by atomic mass is 32.2. The molecule has 9 heteroatoms. The first-order chi connectivity index (χ1) is 16.1. The van der Waals surface area contributed by atoms with Gasteiger partial charge < -0.3 is 4.42 Å². The molecule has 0 amide bonds. The van der Waals surface area contributed by atoms with Crippen molar-refractivity contribution in [2.24, 2.45) is 0 Å². The van der Waals surface area contributed by atoms with E-state index in [4.69, 9.17) is 4.42 Å². The molecule has 2 heterocycles. The van der Waals surface area contributed by atoms with E-state index in [0.717, 1.165) is 16.7 Å². The van der Waals surface area contributed by atoms with Crippen molar-refractivity contribution in [1.82, 2.24) is 4.31 Å². The average molecular weight is 485 g/mol. The monoisotopic (exact) mass is 485 g/mol. The van der Waals surface area contributed by atoms with Gasteiger partial charge in [0.2, 0.25) is 10.0 Å². The number of nitrogens with zero attached hydrogens (tertiary/aromatic N) is 1. The molecule has 5 rings (SSSR count). The summed E-state index contributed by atoms with van der Waals surface area (Å²) in [7, 11) is -3.68. The minimum atomic E-state index is -4.70. The zero-order valence-electron chi connectivity index (χ0n) is 17.7. The lowest BCUT2D eigenvalue weighted by atomic mass is 10.0. The Bertz CT molecular complexity index is 1530. The number of hydrogen-bond donors (Lipinski definition) is 0. The Labute approximate surface area is 193 Å². The lowest BCUT2D eigenvalue weighted by Crippen LogP contribution is -2.25. The van der Waals surface area contributed by atoms with E-state index >= 15 is 0 Å². The van der Waals surface area contributed by atoms with Crippen molar-refractivity contribution >= 4 is 21.0 Å². The Balaban J connectivity index is 1.39. The summed E-state index contributed by atoms with van der Waals surface area (Å²) in [6.07, 6.45) is -4.42. The predicted octanol–water partition coefficient (Wildman–Crippen LogP) is 5.11. The molecule has 3 aromatic carbocycles. The fourth-order valence-electron chi connectivity index (χ4n) is 4.19. The maximum Gasteiger partial charge on any atom is 0.417 e. The fraction of sp³-hybridized carbons (Fsp3) is 0.160. The smallest absolute Gasteiger partial charge is 0.417 e. The standard InChI is InChI=1S/C25H18F3NO4S/c26-25(27,28)22-13-24(30)33-23-10-7-17(12-21(22)23)11-16-5-8-20(9-6-16)34(31,32)29-14-18-3-1-2-4-19(18)15-29/h1-10,12-13H,11,14-15H2. The van der Waals surface area contributed by atoms with Gasteiger partial charge in [-0.3, -0.25) is 0 Å². The number of alkyl halides is 3. The molecule has 0 fully saturated rings. The van der Waals surface area contributed by atoms with Crippen molar-refractivity contribution in [2.45, 2.75) is 30.6 Å². The van der Waals surface area contributed by atoms with E-state index in [1.54, 1.807) is 18.2 Å². The second kappa shape index (κ2) is 8.11. The van der Waals surface area contributed by atoms with Crippen molar-refractivity contribution in [2.75, 3.05) is 0 Å². The van der Waals surface area contributed by atoms with Crippen LogP contribution in [0.1, 0.15) is 27.8 Å². The van der Waals surface area contributed by atoms with E-state index in [1.165, 1.54) is 28.6 Å². The Morgan fingerprint density at radius 3 is 2.09 bits per heavy atom. The van der Waals surface area contributed by atoms with Crippen LogP contribution < -0.4 is 5.63 Å². The molecule has 0 unspecified atom stereocenters. The van der Waals surface area contributed by atoms with Gasteiger partial charge in [-0.1, -0.05) is 42.5 Å².